The molecule has 2 heterocycles. The second kappa shape index (κ2) is 7.79. The van der Waals surface area contributed by atoms with E-state index in [9.17, 15) is 19.2 Å². The van der Waals surface area contributed by atoms with E-state index in [1.54, 1.807) is 18.2 Å². The Hall–Kier alpha value is -3.39. The van der Waals surface area contributed by atoms with Crippen molar-refractivity contribution in [1.82, 2.24) is 14.4 Å². The van der Waals surface area contributed by atoms with Crippen LogP contribution in [0.1, 0.15) is 27.3 Å². The molecule has 1 aromatic carbocycles. The van der Waals surface area contributed by atoms with Crippen LogP contribution in [0.4, 0.5) is 4.79 Å². The van der Waals surface area contributed by atoms with Crippen molar-refractivity contribution in [2.24, 2.45) is 0 Å². The van der Waals surface area contributed by atoms with Gasteiger partial charge in [0.1, 0.15) is 5.57 Å². The summed E-state index contributed by atoms with van der Waals surface area (Å²) >= 11 is 6.25. The van der Waals surface area contributed by atoms with E-state index in [1.165, 1.54) is 27.3 Å². The topological polar surface area (TPSA) is 88.9 Å². The average molecular weight is 430 g/mol. The third-order valence-corrected chi connectivity index (χ3v) is 5.34. The van der Waals surface area contributed by atoms with Crippen LogP contribution in [0.25, 0.3) is 11.8 Å². The van der Waals surface area contributed by atoms with Crippen LogP contribution in [0, 0.1) is 13.8 Å². The first kappa shape index (κ1) is 21.3. The van der Waals surface area contributed by atoms with Crippen LogP contribution in [-0.2, 0) is 14.3 Å². The molecular weight excluding hydrogens is 410 g/mol. The number of benzene rings is 1. The van der Waals surface area contributed by atoms with E-state index in [-0.39, 0.29) is 16.2 Å². The molecule has 2 aromatic rings. The van der Waals surface area contributed by atoms with Gasteiger partial charge in [0.15, 0.2) is 0 Å². The lowest BCUT2D eigenvalue weighted by molar-refractivity contribution is -0.134. The number of rotatable bonds is 3. The number of aryl methyl sites for hydroxylation is 1. The van der Waals surface area contributed by atoms with Crippen LogP contribution >= 0.6 is 11.6 Å². The Kier molecular flexibility index (Phi) is 5.54. The third-order valence-electron chi connectivity index (χ3n) is 5.03. The van der Waals surface area contributed by atoms with Gasteiger partial charge < -0.3 is 9.30 Å². The van der Waals surface area contributed by atoms with Crippen molar-refractivity contribution in [3.05, 3.63) is 57.4 Å². The van der Waals surface area contributed by atoms with Gasteiger partial charge in [0, 0.05) is 31.2 Å². The molecule has 0 radical (unpaired) electrons. The number of ether oxygens (including phenoxy) is 1. The van der Waals surface area contributed by atoms with Gasteiger partial charge in [-0.2, -0.15) is 0 Å². The number of halogens is 1. The number of imide groups is 2. The van der Waals surface area contributed by atoms with Crippen molar-refractivity contribution in [1.29, 1.82) is 0 Å². The summed E-state index contributed by atoms with van der Waals surface area (Å²) in [6, 6.07) is 6.09. The number of carbonyl (C=O) groups is 4. The lowest BCUT2D eigenvalue weighted by atomic mass is 10.1. The van der Waals surface area contributed by atoms with Gasteiger partial charge in [0.25, 0.3) is 11.8 Å². The molecule has 30 heavy (non-hydrogen) atoms. The highest BCUT2D eigenvalue weighted by Crippen LogP contribution is 2.27. The highest BCUT2D eigenvalue weighted by molar-refractivity contribution is 6.33. The van der Waals surface area contributed by atoms with Crippen molar-refractivity contribution in [3.8, 4) is 5.69 Å². The van der Waals surface area contributed by atoms with Gasteiger partial charge in [-0.3, -0.25) is 19.4 Å². The predicted octanol–water partition coefficient (Wildman–Crippen LogP) is 2.97. The fourth-order valence-electron chi connectivity index (χ4n) is 3.38. The van der Waals surface area contributed by atoms with Crippen LogP contribution in [-0.4, -0.2) is 59.4 Å². The molecule has 0 atom stereocenters. The van der Waals surface area contributed by atoms with Crippen molar-refractivity contribution in [2.75, 3.05) is 21.2 Å². The number of urea groups is 1. The van der Waals surface area contributed by atoms with Gasteiger partial charge in [0.2, 0.25) is 0 Å². The second-order valence-corrected chi connectivity index (χ2v) is 7.29. The van der Waals surface area contributed by atoms with E-state index in [0.717, 1.165) is 21.2 Å². The Balaban J connectivity index is 2.07. The monoisotopic (exact) mass is 429 g/mol. The fourth-order valence-corrected chi connectivity index (χ4v) is 3.63. The molecule has 9 heteroatoms. The Morgan fingerprint density at radius 1 is 1.03 bits per heavy atom. The Labute approximate surface area is 178 Å². The lowest BCUT2D eigenvalue weighted by Crippen LogP contribution is -2.52. The smallest absolute Gasteiger partial charge is 0.339 e. The largest absolute Gasteiger partial charge is 0.465 e. The van der Waals surface area contributed by atoms with E-state index in [2.05, 4.69) is 0 Å². The molecule has 156 valence electrons. The maximum Gasteiger partial charge on any atom is 0.339 e. The number of hydrogen-bond acceptors (Lipinski definition) is 5. The molecule has 0 spiro atoms. The van der Waals surface area contributed by atoms with E-state index in [0.29, 0.717) is 11.3 Å². The molecule has 0 aliphatic carbocycles. The molecule has 3 rings (SSSR count). The SMILES string of the molecule is COC(=O)c1ccc(-n2c(C)cc(C=C3C(=O)N(C)C(=O)N(C)C3=O)c2C)cc1Cl. The van der Waals surface area contributed by atoms with Crippen LogP contribution < -0.4 is 0 Å². The molecule has 0 N–H and O–H groups in total. The first-order chi connectivity index (χ1) is 14.1. The Bertz CT molecular complexity index is 1110. The van der Waals surface area contributed by atoms with Crippen molar-refractivity contribution in [2.45, 2.75) is 13.8 Å². The fraction of sp³-hybridized carbons (Fsp3) is 0.238. The summed E-state index contributed by atoms with van der Waals surface area (Å²) in [5, 5.41) is 0.242. The quantitative estimate of drug-likeness (QED) is 0.425. The first-order valence-electron chi connectivity index (χ1n) is 8.97. The van der Waals surface area contributed by atoms with Crippen LogP contribution in [0.15, 0.2) is 29.8 Å². The zero-order chi connectivity index (χ0) is 22.3. The molecule has 1 aromatic heterocycles. The summed E-state index contributed by atoms with van der Waals surface area (Å²) in [5.41, 5.74) is 3.09. The minimum atomic E-state index is -0.673. The number of esters is 1. The Morgan fingerprint density at radius 2 is 1.63 bits per heavy atom. The number of likely N-dealkylation sites (N-methyl/N-ethyl adjacent to an activating group) is 2. The number of amides is 4. The number of methoxy groups -OCH3 is 1. The zero-order valence-electron chi connectivity index (χ0n) is 17.1. The van der Waals surface area contributed by atoms with Crippen LogP contribution in [0.5, 0.6) is 0 Å². The third kappa shape index (κ3) is 3.39. The molecule has 1 aliphatic rings. The maximum absolute atomic E-state index is 12.5. The minimum absolute atomic E-state index is 0.0982. The zero-order valence-corrected chi connectivity index (χ0v) is 17.9. The molecule has 1 saturated heterocycles. The number of hydrogen-bond donors (Lipinski definition) is 0. The van der Waals surface area contributed by atoms with Crippen molar-refractivity contribution in [3.63, 3.8) is 0 Å². The standard InChI is InChI=1S/C21H20ClN3O5/c1-11-8-13(9-16-18(26)23(3)21(29)24(4)19(16)27)12(2)25(11)14-6-7-15(17(22)10-14)20(28)30-5/h6-10H,1-5H3. The molecule has 1 aliphatic heterocycles. The van der Waals surface area contributed by atoms with Crippen LogP contribution in [0.3, 0.4) is 0 Å². The Morgan fingerprint density at radius 3 is 2.17 bits per heavy atom. The van der Waals surface area contributed by atoms with Gasteiger partial charge in [-0.05, 0) is 49.8 Å². The minimum Gasteiger partial charge on any atom is -0.465 e. The number of aromatic nitrogens is 1. The summed E-state index contributed by atoms with van der Waals surface area (Å²) in [5.74, 6) is -1.84. The summed E-state index contributed by atoms with van der Waals surface area (Å²) in [6.45, 7) is 3.70. The van der Waals surface area contributed by atoms with Gasteiger partial charge in [0.05, 0.1) is 17.7 Å². The second-order valence-electron chi connectivity index (χ2n) is 6.89. The first-order valence-corrected chi connectivity index (χ1v) is 9.35. The average Bonchev–Trinajstić information content (AvgIpc) is 3.00. The molecule has 0 bridgehead atoms. The van der Waals surface area contributed by atoms with Crippen molar-refractivity contribution < 1.29 is 23.9 Å². The van der Waals surface area contributed by atoms with E-state index >= 15 is 0 Å². The lowest BCUT2D eigenvalue weighted by Gasteiger charge is -2.28. The number of barbiturate groups is 1. The normalized spacial score (nSPS) is 14.5. The molecule has 8 nitrogen and oxygen atoms in total. The van der Waals surface area contributed by atoms with Crippen molar-refractivity contribution >= 4 is 41.5 Å². The van der Waals surface area contributed by atoms with Gasteiger partial charge >= 0.3 is 12.0 Å². The van der Waals surface area contributed by atoms with E-state index in [4.69, 9.17) is 16.3 Å². The summed E-state index contributed by atoms with van der Waals surface area (Å²) in [6.07, 6.45) is 1.48. The highest BCUT2D eigenvalue weighted by atomic mass is 35.5. The number of nitrogens with zero attached hydrogens (tertiary/aromatic N) is 3. The van der Waals surface area contributed by atoms with Gasteiger partial charge in [-0.15, -0.1) is 0 Å². The number of carbonyl (C=O) groups excluding carboxylic acids is 4. The van der Waals surface area contributed by atoms with Gasteiger partial charge in [-0.25, -0.2) is 9.59 Å². The predicted molar refractivity (Wildman–Crippen MR) is 111 cm³/mol. The van der Waals surface area contributed by atoms with E-state index in [1.807, 2.05) is 24.5 Å². The van der Waals surface area contributed by atoms with Crippen LogP contribution in [0.2, 0.25) is 5.02 Å². The maximum atomic E-state index is 12.5. The van der Waals surface area contributed by atoms with E-state index < -0.39 is 23.8 Å². The summed E-state index contributed by atoms with van der Waals surface area (Å²) in [7, 11) is 3.94. The molecule has 1 fully saturated rings. The van der Waals surface area contributed by atoms with Gasteiger partial charge in [-0.1, -0.05) is 11.6 Å². The summed E-state index contributed by atoms with van der Waals surface area (Å²) in [4.78, 5) is 50.4. The molecular formula is C21H20ClN3O5. The highest BCUT2D eigenvalue weighted by Gasteiger charge is 2.38. The molecule has 0 unspecified atom stereocenters. The molecule has 4 amide bonds. The summed E-state index contributed by atoms with van der Waals surface area (Å²) < 4.78 is 6.59. The molecule has 0 saturated carbocycles.